The van der Waals surface area contributed by atoms with Gasteiger partial charge in [-0.2, -0.15) is 4.31 Å². The first-order valence-electron chi connectivity index (χ1n) is 6.30. The zero-order chi connectivity index (χ0) is 15.8. The molecule has 0 amide bonds. The molecule has 1 heterocycles. The first-order chi connectivity index (χ1) is 9.63. The Morgan fingerprint density at radius 3 is 2.48 bits per heavy atom. The molecule has 1 aromatic carbocycles. The van der Waals surface area contributed by atoms with Crippen LogP contribution in [0, 0.1) is 10.1 Å². The number of piperidine rings is 1. The molecule has 1 fully saturated rings. The second-order valence-corrected chi connectivity index (χ2v) is 7.61. The maximum atomic E-state index is 12.5. The monoisotopic (exact) mass is 334 g/mol. The van der Waals surface area contributed by atoms with Crippen LogP contribution in [0.15, 0.2) is 23.1 Å². The van der Waals surface area contributed by atoms with E-state index in [2.05, 4.69) is 0 Å². The van der Waals surface area contributed by atoms with Gasteiger partial charge in [-0.15, -0.1) is 0 Å². The Kier molecular flexibility index (Phi) is 4.25. The van der Waals surface area contributed by atoms with Crippen molar-refractivity contribution < 1.29 is 18.4 Å². The first-order valence-corrected chi connectivity index (χ1v) is 8.12. The SMILES string of the molecule is CC1(O)CCN(S(=O)(=O)c2ccc(Cl)cc2[N+](=O)[O-])CC1. The Morgan fingerprint density at radius 1 is 1.38 bits per heavy atom. The van der Waals surface area contributed by atoms with Gasteiger partial charge >= 0.3 is 0 Å². The molecular weight excluding hydrogens is 320 g/mol. The van der Waals surface area contributed by atoms with Crippen molar-refractivity contribution in [3.8, 4) is 0 Å². The normalized spacial score (nSPS) is 19.4. The van der Waals surface area contributed by atoms with E-state index in [4.69, 9.17) is 11.6 Å². The van der Waals surface area contributed by atoms with Gasteiger partial charge in [0.1, 0.15) is 0 Å². The van der Waals surface area contributed by atoms with E-state index in [0.717, 1.165) is 16.4 Å². The second-order valence-electron chi connectivity index (χ2n) is 5.27. The van der Waals surface area contributed by atoms with Crippen LogP contribution < -0.4 is 0 Å². The highest BCUT2D eigenvalue weighted by Gasteiger charge is 2.37. The lowest BCUT2D eigenvalue weighted by molar-refractivity contribution is -0.387. The zero-order valence-electron chi connectivity index (χ0n) is 11.3. The van der Waals surface area contributed by atoms with Crippen LogP contribution in [0.2, 0.25) is 5.02 Å². The van der Waals surface area contributed by atoms with E-state index in [9.17, 15) is 23.6 Å². The van der Waals surface area contributed by atoms with Gasteiger partial charge in [-0.1, -0.05) is 11.6 Å². The number of nitro benzene ring substituents is 1. The third-order valence-corrected chi connectivity index (χ3v) is 5.72. The Labute approximate surface area is 127 Å². The van der Waals surface area contributed by atoms with E-state index in [1.54, 1.807) is 6.92 Å². The highest BCUT2D eigenvalue weighted by atomic mass is 35.5. The molecule has 1 aliphatic rings. The first kappa shape index (κ1) is 16.2. The molecule has 7 nitrogen and oxygen atoms in total. The average molecular weight is 335 g/mol. The van der Waals surface area contributed by atoms with Gasteiger partial charge in [-0.05, 0) is 31.9 Å². The van der Waals surface area contributed by atoms with E-state index in [0.29, 0.717) is 0 Å². The molecule has 0 atom stereocenters. The number of nitrogens with zero attached hydrogens (tertiary/aromatic N) is 2. The van der Waals surface area contributed by atoms with Crippen LogP contribution in [0.3, 0.4) is 0 Å². The lowest BCUT2D eigenvalue weighted by atomic mass is 9.95. The van der Waals surface area contributed by atoms with Crippen molar-refractivity contribution in [2.75, 3.05) is 13.1 Å². The van der Waals surface area contributed by atoms with Crippen LogP contribution in [0.4, 0.5) is 5.69 Å². The molecule has 1 aromatic rings. The summed E-state index contributed by atoms with van der Waals surface area (Å²) >= 11 is 5.69. The Hall–Kier alpha value is -1.22. The average Bonchev–Trinajstić information content (AvgIpc) is 2.37. The smallest absolute Gasteiger partial charge is 0.290 e. The molecule has 0 aromatic heterocycles. The highest BCUT2D eigenvalue weighted by Crippen LogP contribution is 2.32. The number of hydrogen-bond acceptors (Lipinski definition) is 5. The molecule has 1 N–H and O–H groups in total. The molecule has 116 valence electrons. The number of hydrogen-bond donors (Lipinski definition) is 1. The van der Waals surface area contributed by atoms with Crippen LogP contribution in [0.25, 0.3) is 0 Å². The highest BCUT2D eigenvalue weighted by molar-refractivity contribution is 7.89. The van der Waals surface area contributed by atoms with Crippen molar-refractivity contribution in [1.29, 1.82) is 0 Å². The van der Waals surface area contributed by atoms with Crippen LogP contribution in [0.5, 0.6) is 0 Å². The van der Waals surface area contributed by atoms with E-state index in [1.807, 2.05) is 0 Å². The van der Waals surface area contributed by atoms with Gasteiger partial charge in [0.05, 0.1) is 10.5 Å². The lowest BCUT2D eigenvalue weighted by Crippen LogP contribution is -2.45. The third-order valence-electron chi connectivity index (χ3n) is 3.54. The number of sulfonamides is 1. The predicted molar refractivity (Wildman–Crippen MR) is 76.7 cm³/mol. The van der Waals surface area contributed by atoms with Gasteiger partial charge in [-0.25, -0.2) is 8.42 Å². The lowest BCUT2D eigenvalue weighted by Gasteiger charge is -2.34. The Bertz CT molecular complexity index is 664. The van der Waals surface area contributed by atoms with E-state index in [1.165, 1.54) is 6.07 Å². The summed E-state index contributed by atoms with van der Waals surface area (Å²) < 4.78 is 26.2. The molecule has 2 rings (SSSR count). The number of aliphatic hydroxyl groups is 1. The Morgan fingerprint density at radius 2 is 1.95 bits per heavy atom. The zero-order valence-corrected chi connectivity index (χ0v) is 12.9. The largest absolute Gasteiger partial charge is 0.390 e. The minimum Gasteiger partial charge on any atom is -0.390 e. The summed E-state index contributed by atoms with van der Waals surface area (Å²) in [6, 6.07) is 3.47. The number of nitro groups is 1. The van der Waals surface area contributed by atoms with Crippen molar-refractivity contribution in [3.63, 3.8) is 0 Å². The fraction of sp³-hybridized carbons (Fsp3) is 0.500. The molecule has 1 aliphatic heterocycles. The minimum absolute atomic E-state index is 0.0993. The Balaban J connectivity index is 2.39. The molecule has 21 heavy (non-hydrogen) atoms. The van der Waals surface area contributed by atoms with Crippen LogP contribution >= 0.6 is 11.6 Å². The quantitative estimate of drug-likeness (QED) is 0.670. The van der Waals surface area contributed by atoms with Crippen molar-refractivity contribution in [2.45, 2.75) is 30.3 Å². The fourth-order valence-electron chi connectivity index (χ4n) is 2.20. The van der Waals surface area contributed by atoms with Crippen LogP contribution in [-0.4, -0.2) is 41.4 Å². The van der Waals surface area contributed by atoms with Crippen molar-refractivity contribution in [1.82, 2.24) is 4.31 Å². The summed E-state index contributed by atoms with van der Waals surface area (Å²) in [7, 11) is -3.98. The number of rotatable bonds is 3. The molecule has 0 saturated carbocycles. The summed E-state index contributed by atoms with van der Waals surface area (Å²) in [6.45, 7) is 1.88. The van der Waals surface area contributed by atoms with Crippen molar-refractivity contribution >= 4 is 27.3 Å². The van der Waals surface area contributed by atoms with Gasteiger partial charge in [0.25, 0.3) is 5.69 Å². The van der Waals surface area contributed by atoms with E-state index < -0.39 is 26.2 Å². The number of benzene rings is 1. The topological polar surface area (TPSA) is 101 Å². The van der Waals surface area contributed by atoms with Gasteiger partial charge in [0.2, 0.25) is 10.0 Å². The molecule has 0 bridgehead atoms. The molecule has 9 heteroatoms. The molecule has 0 aliphatic carbocycles. The predicted octanol–water partition coefficient (Wildman–Crippen LogP) is 1.78. The molecule has 1 saturated heterocycles. The molecule has 0 unspecified atom stereocenters. The summed E-state index contributed by atoms with van der Waals surface area (Å²) in [5, 5.41) is 21.0. The number of halogens is 1. The van der Waals surface area contributed by atoms with Crippen molar-refractivity contribution in [3.05, 3.63) is 33.3 Å². The summed E-state index contributed by atoms with van der Waals surface area (Å²) in [6.07, 6.45) is 0.571. The van der Waals surface area contributed by atoms with E-state index in [-0.39, 0.29) is 35.8 Å². The maximum Gasteiger partial charge on any atom is 0.290 e. The van der Waals surface area contributed by atoms with Gasteiger partial charge in [0.15, 0.2) is 4.90 Å². The van der Waals surface area contributed by atoms with Crippen LogP contribution in [-0.2, 0) is 10.0 Å². The maximum absolute atomic E-state index is 12.5. The molecule has 0 radical (unpaired) electrons. The molecular formula is C12H15ClN2O5S. The fourth-order valence-corrected chi connectivity index (χ4v) is 3.94. The summed E-state index contributed by atoms with van der Waals surface area (Å²) in [5.41, 5.74) is -1.45. The minimum atomic E-state index is -3.98. The second kappa shape index (κ2) is 5.53. The van der Waals surface area contributed by atoms with Crippen molar-refractivity contribution in [2.24, 2.45) is 0 Å². The van der Waals surface area contributed by atoms with Gasteiger partial charge in [0, 0.05) is 24.2 Å². The third kappa shape index (κ3) is 3.34. The van der Waals surface area contributed by atoms with E-state index >= 15 is 0 Å². The van der Waals surface area contributed by atoms with Gasteiger partial charge < -0.3 is 5.11 Å². The summed E-state index contributed by atoms with van der Waals surface area (Å²) in [5.74, 6) is 0. The summed E-state index contributed by atoms with van der Waals surface area (Å²) in [4.78, 5) is 9.89. The standard InChI is InChI=1S/C12H15ClN2O5S/c1-12(16)4-6-14(7-5-12)21(19,20)11-3-2-9(13)8-10(11)15(17)18/h2-3,8,16H,4-7H2,1H3. The van der Waals surface area contributed by atoms with Gasteiger partial charge in [-0.3, -0.25) is 10.1 Å². The molecule has 0 spiro atoms. The van der Waals surface area contributed by atoms with Crippen LogP contribution in [0.1, 0.15) is 19.8 Å².